The molecule has 1 aliphatic carbocycles. The SMILES string of the molecule is Cc1cc2c(c(=O)n1CC(=O)NCc1ccc3[nH]ccc3n1)NC(=O)[C@H](CC1CCC1)C2. The number of nitrogens with one attached hydrogen (secondary N) is 3. The molecule has 5 rings (SSSR count). The Labute approximate surface area is 185 Å². The van der Waals surface area contributed by atoms with Crippen molar-refractivity contribution >= 4 is 28.5 Å². The lowest BCUT2D eigenvalue weighted by Gasteiger charge is -2.32. The van der Waals surface area contributed by atoms with Crippen molar-refractivity contribution in [2.24, 2.45) is 11.8 Å². The van der Waals surface area contributed by atoms with Gasteiger partial charge in [-0.05, 0) is 55.5 Å². The Hall–Kier alpha value is -3.42. The Morgan fingerprint density at radius 2 is 2.09 bits per heavy atom. The summed E-state index contributed by atoms with van der Waals surface area (Å²) in [6.45, 7) is 2.00. The fourth-order valence-electron chi connectivity index (χ4n) is 4.69. The number of aromatic nitrogens is 3. The minimum absolute atomic E-state index is 0.0735. The molecule has 166 valence electrons. The molecule has 32 heavy (non-hydrogen) atoms. The van der Waals surface area contributed by atoms with Crippen LogP contribution >= 0.6 is 0 Å². The summed E-state index contributed by atoms with van der Waals surface area (Å²) in [5, 5.41) is 5.66. The molecule has 0 radical (unpaired) electrons. The molecule has 0 bridgehead atoms. The van der Waals surface area contributed by atoms with Crippen molar-refractivity contribution in [3.8, 4) is 0 Å². The van der Waals surface area contributed by atoms with Gasteiger partial charge >= 0.3 is 0 Å². The number of aryl methyl sites for hydroxylation is 1. The highest BCUT2D eigenvalue weighted by Crippen LogP contribution is 2.35. The molecule has 4 heterocycles. The van der Waals surface area contributed by atoms with Gasteiger partial charge in [-0.2, -0.15) is 0 Å². The number of pyridine rings is 2. The van der Waals surface area contributed by atoms with Crippen molar-refractivity contribution in [3.05, 3.63) is 57.8 Å². The van der Waals surface area contributed by atoms with Crippen molar-refractivity contribution in [1.82, 2.24) is 19.9 Å². The van der Waals surface area contributed by atoms with E-state index in [9.17, 15) is 14.4 Å². The zero-order valence-electron chi connectivity index (χ0n) is 18.1. The normalized spacial score (nSPS) is 18.2. The number of rotatable bonds is 6. The van der Waals surface area contributed by atoms with E-state index in [2.05, 4.69) is 20.6 Å². The van der Waals surface area contributed by atoms with Gasteiger partial charge < -0.3 is 20.2 Å². The molecule has 3 aromatic rings. The molecule has 1 atom stereocenters. The fraction of sp³-hybridized carbons (Fsp3) is 0.417. The van der Waals surface area contributed by atoms with E-state index < -0.39 is 0 Å². The van der Waals surface area contributed by atoms with Crippen LogP contribution in [-0.4, -0.2) is 26.3 Å². The minimum Gasteiger partial charge on any atom is -0.360 e. The number of carbonyl (C=O) groups is 2. The van der Waals surface area contributed by atoms with E-state index >= 15 is 0 Å². The zero-order chi connectivity index (χ0) is 22.2. The Balaban J connectivity index is 1.27. The largest absolute Gasteiger partial charge is 0.360 e. The molecule has 1 saturated carbocycles. The lowest BCUT2D eigenvalue weighted by molar-refractivity contribution is -0.122. The maximum Gasteiger partial charge on any atom is 0.275 e. The van der Waals surface area contributed by atoms with Crippen LogP contribution in [0.25, 0.3) is 11.0 Å². The molecule has 3 N–H and O–H groups in total. The van der Waals surface area contributed by atoms with E-state index in [0.717, 1.165) is 28.7 Å². The van der Waals surface area contributed by atoms with Crippen LogP contribution in [0.5, 0.6) is 0 Å². The van der Waals surface area contributed by atoms with Crippen LogP contribution in [0.4, 0.5) is 5.69 Å². The van der Waals surface area contributed by atoms with E-state index in [-0.39, 0.29) is 36.4 Å². The third-order valence-electron chi connectivity index (χ3n) is 6.75. The first-order chi connectivity index (χ1) is 15.5. The van der Waals surface area contributed by atoms with Crippen molar-refractivity contribution in [3.63, 3.8) is 0 Å². The summed E-state index contributed by atoms with van der Waals surface area (Å²) in [5.41, 5.74) is 4.10. The molecule has 1 aliphatic heterocycles. The molecule has 2 aliphatic rings. The summed E-state index contributed by atoms with van der Waals surface area (Å²) in [6, 6.07) is 7.58. The molecule has 0 unspecified atom stereocenters. The van der Waals surface area contributed by atoms with Gasteiger partial charge in [0.2, 0.25) is 11.8 Å². The van der Waals surface area contributed by atoms with Crippen LogP contribution in [0, 0.1) is 18.8 Å². The molecule has 0 aromatic carbocycles. The van der Waals surface area contributed by atoms with E-state index in [1.807, 2.05) is 37.4 Å². The number of amides is 2. The number of carbonyl (C=O) groups excluding carboxylic acids is 2. The van der Waals surface area contributed by atoms with E-state index in [4.69, 9.17) is 0 Å². The highest BCUT2D eigenvalue weighted by atomic mass is 16.2. The summed E-state index contributed by atoms with van der Waals surface area (Å²) < 4.78 is 1.42. The second kappa shape index (κ2) is 8.26. The van der Waals surface area contributed by atoms with Crippen molar-refractivity contribution < 1.29 is 9.59 Å². The lowest BCUT2D eigenvalue weighted by atomic mass is 9.76. The smallest absolute Gasteiger partial charge is 0.275 e. The number of nitrogens with zero attached hydrogens (tertiary/aromatic N) is 2. The van der Waals surface area contributed by atoms with E-state index in [0.29, 0.717) is 23.7 Å². The number of aromatic amines is 1. The van der Waals surface area contributed by atoms with Gasteiger partial charge in [-0.25, -0.2) is 4.98 Å². The van der Waals surface area contributed by atoms with Gasteiger partial charge in [-0.3, -0.25) is 14.4 Å². The minimum atomic E-state index is -0.322. The Kier molecular flexibility index (Phi) is 5.28. The number of H-pyrrole nitrogens is 1. The number of hydrogen-bond donors (Lipinski definition) is 3. The van der Waals surface area contributed by atoms with Crippen LogP contribution in [0.3, 0.4) is 0 Å². The predicted octanol–water partition coefficient (Wildman–Crippen LogP) is 2.65. The summed E-state index contributed by atoms with van der Waals surface area (Å²) in [7, 11) is 0. The van der Waals surface area contributed by atoms with E-state index in [1.165, 1.54) is 23.8 Å². The van der Waals surface area contributed by atoms with Gasteiger partial charge in [0.05, 0.1) is 23.3 Å². The van der Waals surface area contributed by atoms with Crippen LogP contribution in [-0.2, 0) is 29.1 Å². The van der Waals surface area contributed by atoms with Gasteiger partial charge in [-0.15, -0.1) is 0 Å². The highest BCUT2D eigenvalue weighted by molar-refractivity contribution is 5.95. The second-order valence-corrected chi connectivity index (χ2v) is 8.99. The summed E-state index contributed by atoms with van der Waals surface area (Å²) in [4.78, 5) is 45.8. The first-order valence-corrected chi connectivity index (χ1v) is 11.2. The number of fused-ring (bicyclic) bond motifs is 2. The molecule has 8 heteroatoms. The lowest BCUT2D eigenvalue weighted by Crippen LogP contribution is -2.39. The average molecular weight is 434 g/mol. The standard InChI is InChI=1S/C24H27N5O3/c1-14-9-16-11-17(10-15-3-2-4-15)23(31)28-22(16)24(32)29(14)13-21(30)26-12-18-5-6-19-20(27-18)7-8-25-19/h5-9,15,17,25H,2-4,10-13H2,1H3,(H,26,30)(H,28,31)/t17-/m1/s1. The monoisotopic (exact) mass is 433 g/mol. The third kappa shape index (κ3) is 3.92. The number of anilines is 1. The Morgan fingerprint density at radius 3 is 2.88 bits per heavy atom. The van der Waals surface area contributed by atoms with Gasteiger partial charge in [0, 0.05) is 17.8 Å². The molecule has 3 aromatic heterocycles. The molecule has 0 spiro atoms. The zero-order valence-corrected chi connectivity index (χ0v) is 18.1. The third-order valence-corrected chi connectivity index (χ3v) is 6.75. The molecular weight excluding hydrogens is 406 g/mol. The highest BCUT2D eigenvalue weighted by Gasteiger charge is 2.32. The summed E-state index contributed by atoms with van der Waals surface area (Å²) in [5.74, 6) is 0.198. The van der Waals surface area contributed by atoms with Crippen LogP contribution in [0.15, 0.2) is 35.3 Å². The van der Waals surface area contributed by atoms with E-state index in [1.54, 1.807) is 0 Å². The van der Waals surface area contributed by atoms with Gasteiger partial charge in [0.25, 0.3) is 5.56 Å². The molecule has 2 amide bonds. The fourth-order valence-corrected chi connectivity index (χ4v) is 4.69. The Bertz CT molecular complexity index is 1250. The number of hydrogen-bond acceptors (Lipinski definition) is 4. The average Bonchev–Trinajstić information content (AvgIpc) is 3.21. The molecule has 1 fully saturated rings. The van der Waals surface area contributed by atoms with Crippen molar-refractivity contribution in [2.45, 2.75) is 52.1 Å². The first-order valence-electron chi connectivity index (χ1n) is 11.2. The predicted molar refractivity (Wildman–Crippen MR) is 121 cm³/mol. The maximum absolute atomic E-state index is 13.1. The van der Waals surface area contributed by atoms with Crippen LogP contribution in [0.2, 0.25) is 0 Å². The van der Waals surface area contributed by atoms with Crippen LogP contribution < -0.4 is 16.2 Å². The summed E-state index contributed by atoms with van der Waals surface area (Å²) >= 11 is 0. The maximum atomic E-state index is 13.1. The Morgan fingerprint density at radius 1 is 1.25 bits per heavy atom. The van der Waals surface area contributed by atoms with Crippen molar-refractivity contribution in [2.75, 3.05) is 5.32 Å². The second-order valence-electron chi connectivity index (χ2n) is 8.99. The summed E-state index contributed by atoms with van der Waals surface area (Å²) in [6.07, 6.45) is 6.94. The molecule has 8 nitrogen and oxygen atoms in total. The molecular formula is C24H27N5O3. The quantitative estimate of drug-likeness (QED) is 0.555. The van der Waals surface area contributed by atoms with Crippen molar-refractivity contribution in [1.29, 1.82) is 0 Å². The van der Waals surface area contributed by atoms with Gasteiger partial charge in [0.1, 0.15) is 12.2 Å². The van der Waals surface area contributed by atoms with Gasteiger partial charge in [-0.1, -0.05) is 19.3 Å². The molecule has 0 saturated heterocycles. The topological polar surface area (TPSA) is 109 Å². The van der Waals surface area contributed by atoms with Crippen LogP contribution in [0.1, 0.15) is 42.6 Å². The van der Waals surface area contributed by atoms with Gasteiger partial charge in [0.15, 0.2) is 0 Å². The first kappa shape index (κ1) is 20.5.